The van der Waals surface area contributed by atoms with Gasteiger partial charge < -0.3 is 15.6 Å². The van der Waals surface area contributed by atoms with Crippen molar-refractivity contribution >= 4 is 22.8 Å². The number of hydrogen-bond donors (Lipinski definition) is 3. The molecule has 1 aliphatic carbocycles. The molecule has 0 aromatic carbocycles. The summed E-state index contributed by atoms with van der Waals surface area (Å²) < 4.78 is 14.5. The molecule has 0 bridgehead atoms. The summed E-state index contributed by atoms with van der Waals surface area (Å²) >= 11 is 0. The highest BCUT2D eigenvalue weighted by Crippen LogP contribution is 2.27. The predicted molar refractivity (Wildman–Crippen MR) is 116 cm³/mol. The van der Waals surface area contributed by atoms with Crippen molar-refractivity contribution in [2.45, 2.75) is 37.8 Å². The van der Waals surface area contributed by atoms with E-state index < -0.39 is 5.82 Å². The van der Waals surface area contributed by atoms with Gasteiger partial charge in [-0.15, -0.1) is 0 Å². The first-order valence-corrected chi connectivity index (χ1v) is 10.5. The van der Waals surface area contributed by atoms with Gasteiger partial charge in [0, 0.05) is 41.6 Å². The van der Waals surface area contributed by atoms with Crippen LogP contribution in [0.25, 0.3) is 22.4 Å². The number of carbonyl (C=O) groups excluding carboxylic acids is 1. The molecule has 1 saturated carbocycles. The molecule has 9 nitrogen and oxygen atoms in total. The second-order valence-electron chi connectivity index (χ2n) is 7.77. The fraction of sp³-hybridized carbons (Fsp3) is 0.273. The number of carbonyl (C=O) groups is 1. The quantitative estimate of drug-likeness (QED) is 0.443. The second-order valence-corrected chi connectivity index (χ2v) is 7.77. The zero-order valence-electron chi connectivity index (χ0n) is 17.1. The Hall–Kier alpha value is -3.95. The third-order valence-electron chi connectivity index (χ3n) is 5.59. The van der Waals surface area contributed by atoms with Gasteiger partial charge in [-0.05, 0) is 37.8 Å². The molecule has 0 unspecified atom stereocenters. The van der Waals surface area contributed by atoms with Gasteiger partial charge >= 0.3 is 0 Å². The number of nitrogens with one attached hydrogen (secondary N) is 3. The number of H-pyrrole nitrogens is 1. The Labute approximate surface area is 183 Å². The molecule has 4 heterocycles. The zero-order valence-corrected chi connectivity index (χ0v) is 17.1. The average molecular weight is 432 g/mol. The summed E-state index contributed by atoms with van der Waals surface area (Å²) in [6.45, 7) is 0. The highest BCUT2D eigenvalue weighted by Gasteiger charge is 2.25. The second kappa shape index (κ2) is 8.66. The largest absolute Gasteiger partial charge is 0.365 e. The van der Waals surface area contributed by atoms with Crippen LogP contribution in [0.2, 0.25) is 0 Å². The zero-order chi connectivity index (χ0) is 21.9. The lowest BCUT2D eigenvalue weighted by Crippen LogP contribution is -2.42. The minimum absolute atomic E-state index is 0.0223. The highest BCUT2D eigenvalue weighted by atomic mass is 19.1. The summed E-state index contributed by atoms with van der Waals surface area (Å²) in [5.74, 6) is -0.202. The Morgan fingerprint density at radius 3 is 2.91 bits per heavy atom. The van der Waals surface area contributed by atoms with E-state index in [0.29, 0.717) is 29.1 Å². The molecule has 0 saturated heterocycles. The van der Waals surface area contributed by atoms with Crippen molar-refractivity contribution in [2.24, 2.45) is 0 Å². The lowest BCUT2D eigenvalue weighted by molar-refractivity contribution is 0.0921. The van der Waals surface area contributed by atoms with Crippen LogP contribution in [0.5, 0.6) is 0 Å². The number of amides is 1. The van der Waals surface area contributed by atoms with Gasteiger partial charge in [-0.1, -0.05) is 6.07 Å². The lowest BCUT2D eigenvalue weighted by atomic mass is 9.91. The SMILES string of the molecule is O=C(N[C@H]1CCC[C@@H](Nc2nc(-c3c[nH]c4ncncc34)ncc2F)C1)c1ccccn1. The molecule has 162 valence electrons. The molecule has 0 radical (unpaired) electrons. The van der Waals surface area contributed by atoms with Crippen molar-refractivity contribution in [1.29, 1.82) is 0 Å². The van der Waals surface area contributed by atoms with E-state index in [1.54, 1.807) is 36.8 Å². The van der Waals surface area contributed by atoms with Gasteiger partial charge in [-0.2, -0.15) is 0 Å². The molecular formula is C22H21FN8O. The number of rotatable bonds is 5. The van der Waals surface area contributed by atoms with Crippen LogP contribution in [-0.2, 0) is 0 Å². The number of nitrogens with zero attached hydrogens (tertiary/aromatic N) is 5. The van der Waals surface area contributed by atoms with Crippen LogP contribution in [0.1, 0.15) is 36.2 Å². The number of anilines is 1. The maximum absolute atomic E-state index is 14.5. The molecule has 4 aromatic rings. The molecule has 2 atom stereocenters. The minimum Gasteiger partial charge on any atom is -0.365 e. The number of aromatic nitrogens is 6. The average Bonchev–Trinajstić information content (AvgIpc) is 3.26. The summed E-state index contributed by atoms with van der Waals surface area (Å²) in [6.07, 6.45) is 10.9. The van der Waals surface area contributed by atoms with Crippen LogP contribution in [0.4, 0.5) is 10.2 Å². The first-order chi connectivity index (χ1) is 15.7. The first kappa shape index (κ1) is 20.0. The van der Waals surface area contributed by atoms with Gasteiger partial charge in [0.1, 0.15) is 17.7 Å². The van der Waals surface area contributed by atoms with Gasteiger partial charge in [0.05, 0.1) is 6.20 Å². The molecule has 0 spiro atoms. The molecule has 0 aliphatic heterocycles. The summed E-state index contributed by atoms with van der Waals surface area (Å²) in [5.41, 5.74) is 1.75. The van der Waals surface area contributed by atoms with Crippen LogP contribution >= 0.6 is 0 Å². The summed E-state index contributed by atoms with van der Waals surface area (Å²) in [7, 11) is 0. The molecule has 1 fully saturated rings. The van der Waals surface area contributed by atoms with Gasteiger partial charge in [0.25, 0.3) is 5.91 Å². The van der Waals surface area contributed by atoms with Crippen molar-refractivity contribution in [3.05, 3.63) is 60.8 Å². The summed E-state index contributed by atoms with van der Waals surface area (Å²) in [6, 6.07) is 5.18. The van der Waals surface area contributed by atoms with Gasteiger partial charge in [-0.3, -0.25) is 9.78 Å². The molecule has 3 N–H and O–H groups in total. The summed E-state index contributed by atoms with van der Waals surface area (Å²) in [5, 5.41) is 7.01. The Morgan fingerprint density at radius 1 is 1.12 bits per heavy atom. The van der Waals surface area contributed by atoms with Crippen molar-refractivity contribution in [3.8, 4) is 11.4 Å². The first-order valence-electron chi connectivity index (χ1n) is 10.5. The van der Waals surface area contributed by atoms with E-state index in [-0.39, 0.29) is 23.8 Å². The van der Waals surface area contributed by atoms with E-state index in [9.17, 15) is 9.18 Å². The standard InChI is InChI=1S/C22H21FN8O/c23-17-11-27-20(16-10-26-19-15(16)9-24-12-28-19)31-21(17)29-13-4-3-5-14(8-13)30-22(32)18-6-1-2-7-25-18/h1-2,6-7,9-14H,3-5,8H2,(H,30,32)(H,24,26,28)(H,27,29,31)/t13-,14+/m1/s1. The molecule has 4 aromatic heterocycles. The third-order valence-corrected chi connectivity index (χ3v) is 5.59. The van der Waals surface area contributed by atoms with Crippen LogP contribution in [0, 0.1) is 5.82 Å². The lowest BCUT2D eigenvalue weighted by Gasteiger charge is -2.30. The molecular weight excluding hydrogens is 411 g/mol. The molecule has 32 heavy (non-hydrogen) atoms. The smallest absolute Gasteiger partial charge is 0.270 e. The Balaban J connectivity index is 1.30. The predicted octanol–water partition coefficient (Wildman–Crippen LogP) is 3.10. The van der Waals surface area contributed by atoms with Crippen molar-refractivity contribution < 1.29 is 9.18 Å². The fourth-order valence-electron chi connectivity index (χ4n) is 4.04. The van der Waals surface area contributed by atoms with Crippen LogP contribution in [0.3, 0.4) is 0 Å². The molecule has 1 amide bonds. The van der Waals surface area contributed by atoms with E-state index >= 15 is 0 Å². The summed E-state index contributed by atoms with van der Waals surface area (Å²) in [4.78, 5) is 36.3. The molecule has 1 aliphatic rings. The normalized spacial score (nSPS) is 18.4. The topological polar surface area (TPSA) is 121 Å². The Kier molecular flexibility index (Phi) is 5.40. The number of hydrogen-bond acceptors (Lipinski definition) is 7. The van der Waals surface area contributed by atoms with Crippen LogP contribution in [-0.4, -0.2) is 47.9 Å². The number of aromatic amines is 1. The van der Waals surface area contributed by atoms with Crippen molar-refractivity contribution in [3.63, 3.8) is 0 Å². The maximum Gasteiger partial charge on any atom is 0.270 e. The van der Waals surface area contributed by atoms with Gasteiger partial charge in [0.15, 0.2) is 17.5 Å². The number of fused-ring (bicyclic) bond motifs is 1. The van der Waals surface area contributed by atoms with E-state index in [1.165, 1.54) is 6.33 Å². The third kappa shape index (κ3) is 4.11. The maximum atomic E-state index is 14.5. The van der Waals surface area contributed by atoms with Gasteiger partial charge in [-0.25, -0.2) is 24.3 Å². The van der Waals surface area contributed by atoms with Crippen LogP contribution < -0.4 is 10.6 Å². The van der Waals surface area contributed by atoms with E-state index in [0.717, 1.165) is 30.8 Å². The fourth-order valence-corrected chi connectivity index (χ4v) is 4.04. The molecule has 10 heteroatoms. The van der Waals surface area contributed by atoms with E-state index in [1.807, 2.05) is 0 Å². The van der Waals surface area contributed by atoms with E-state index in [2.05, 4.69) is 40.5 Å². The number of pyridine rings is 1. The monoisotopic (exact) mass is 432 g/mol. The molecule has 5 rings (SSSR count). The van der Waals surface area contributed by atoms with Crippen molar-refractivity contribution in [1.82, 2.24) is 35.2 Å². The van der Waals surface area contributed by atoms with Gasteiger partial charge in [0.2, 0.25) is 0 Å². The van der Waals surface area contributed by atoms with E-state index in [4.69, 9.17) is 0 Å². The minimum atomic E-state index is -0.524. The number of halogens is 1. The Bertz CT molecular complexity index is 1250. The van der Waals surface area contributed by atoms with Crippen LogP contribution in [0.15, 0.2) is 49.3 Å². The van der Waals surface area contributed by atoms with Crippen molar-refractivity contribution in [2.75, 3.05) is 5.32 Å². The Morgan fingerprint density at radius 2 is 2.03 bits per heavy atom. The highest BCUT2D eigenvalue weighted by molar-refractivity contribution is 5.92.